The molecule has 0 saturated heterocycles. The summed E-state index contributed by atoms with van der Waals surface area (Å²) in [5.74, 6) is 0.178. The van der Waals surface area contributed by atoms with E-state index in [9.17, 15) is 13.2 Å². The number of carbonyl (C=O) groups excluding carboxylic acids is 1. The summed E-state index contributed by atoms with van der Waals surface area (Å²) in [4.78, 5) is 12.5. The molecule has 0 aliphatic carbocycles. The third-order valence-electron chi connectivity index (χ3n) is 4.05. The second-order valence-electron chi connectivity index (χ2n) is 6.28. The van der Waals surface area contributed by atoms with Crippen molar-refractivity contribution in [1.29, 1.82) is 0 Å². The molecule has 2 N–H and O–H groups in total. The molecule has 0 heterocycles. The van der Waals surface area contributed by atoms with E-state index in [0.29, 0.717) is 17.0 Å². The summed E-state index contributed by atoms with van der Waals surface area (Å²) in [5, 5.41) is 2.77. The van der Waals surface area contributed by atoms with Gasteiger partial charge >= 0.3 is 0 Å². The van der Waals surface area contributed by atoms with Crippen molar-refractivity contribution in [2.75, 3.05) is 12.4 Å². The fourth-order valence-corrected chi connectivity index (χ4v) is 3.77. The minimum atomic E-state index is -3.83. The zero-order valence-corrected chi connectivity index (χ0v) is 16.4. The number of sulfonamides is 1. The first-order valence-electron chi connectivity index (χ1n) is 8.19. The van der Waals surface area contributed by atoms with Gasteiger partial charge in [0.1, 0.15) is 5.75 Å². The predicted molar refractivity (Wildman–Crippen MR) is 102 cm³/mol. The van der Waals surface area contributed by atoms with Crippen molar-refractivity contribution in [3.8, 4) is 5.75 Å². The van der Waals surface area contributed by atoms with Crippen LogP contribution in [-0.4, -0.2) is 27.5 Å². The summed E-state index contributed by atoms with van der Waals surface area (Å²) in [7, 11) is -2.31. The number of nitrogens with one attached hydrogen (secondary N) is 2. The van der Waals surface area contributed by atoms with E-state index in [1.165, 1.54) is 26.2 Å². The Morgan fingerprint density at radius 2 is 1.73 bits per heavy atom. The standard InChI is InChI=1S/C19H24N2O4S/c1-12-6-7-13(2)17(10-12)20-19(22)15(4)21-26(23,24)16-8-9-18(25-5)14(3)11-16/h6-11,15,21H,1-5H3,(H,20,22)/t15-/m0/s1. The van der Waals surface area contributed by atoms with Gasteiger partial charge in [-0.05, 0) is 68.7 Å². The van der Waals surface area contributed by atoms with E-state index in [0.717, 1.165) is 11.1 Å². The molecule has 0 saturated carbocycles. The molecule has 2 aromatic carbocycles. The molecule has 7 heteroatoms. The summed E-state index contributed by atoms with van der Waals surface area (Å²) in [6.07, 6.45) is 0. The Labute approximate surface area is 154 Å². The van der Waals surface area contributed by atoms with Gasteiger partial charge in [-0.2, -0.15) is 4.72 Å². The number of hydrogen-bond donors (Lipinski definition) is 2. The van der Waals surface area contributed by atoms with Crippen LogP contribution < -0.4 is 14.8 Å². The smallest absolute Gasteiger partial charge is 0.242 e. The van der Waals surface area contributed by atoms with E-state index in [4.69, 9.17) is 4.74 Å². The molecule has 0 bridgehead atoms. The first kappa shape index (κ1) is 19.9. The van der Waals surface area contributed by atoms with Gasteiger partial charge in [0.2, 0.25) is 15.9 Å². The van der Waals surface area contributed by atoms with E-state index >= 15 is 0 Å². The Morgan fingerprint density at radius 1 is 1.04 bits per heavy atom. The molecular weight excluding hydrogens is 352 g/mol. The molecule has 6 nitrogen and oxygen atoms in total. The topological polar surface area (TPSA) is 84.5 Å². The van der Waals surface area contributed by atoms with Crippen LogP contribution in [-0.2, 0) is 14.8 Å². The van der Waals surface area contributed by atoms with Crippen LogP contribution in [0.25, 0.3) is 0 Å². The van der Waals surface area contributed by atoms with E-state index in [-0.39, 0.29) is 4.90 Å². The maximum absolute atomic E-state index is 12.5. The third-order valence-corrected chi connectivity index (χ3v) is 5.59. The molecular formula is C19H24N2O4S. The molecule has 0 spiro atoms. The van der Waals surface area contributed by atoms with Gasteiger partial charge in [-0.25, -0.2) is 8.42 Å². The fraction of sp³-hybridized carbons (Fsp3) is 0.316. The van der Waals surface area contributed by atoms with Crippen molar-refractivity contribution >= 4 is 21.6 Å². The minimum Gasteiger partial charge on any atom is -0.496 e. The normalized spacial score (nSPS) is 12.5. The number of carbonyl (C=O) groups is 1. The molecule has 2 rings (SSSR count). The maximum Gasteiger partial charge on any atom is 0.242 e. The van der Waals surface area contributed by atoms with Crippen LogP contribution in [0.2, 0.25) is 0 Å². The summed E-state index contributed by atoms with van der Waals surface area (Å²) < 4.78 is 32.6. The number of ether oxygens (including phenoxy) is 1. The van der Waals surface area contributed by atoms with Crippen molar-refractivity contribution in [2.24, 2.45) is 0 Å². The van der Waals surface area contributed by atoms with Crippen LogP contribution in [0.5, 0.6) is 5.75 Å². The van der Waals surface area contributed by atoms with E-state index < -0.39 is 22.0 Å². The lowest BCUT2D eigenvalue weighted by molar-refractivity contribution is -0.117. The SMILES string of the molecule is COc1ccc(S(=O)(=O)N[C@@H](C)C(=O)Nc2cc(C)ccc2C)cc1C. The first-order valence-corrected chi connectivity index (χ1v) is 9.67. The van der Waals surface area contributed by atoms with E-state index in [1.54, 1.807) is 13.0 Å². The van der Waals surface area contributed by atoms with Gasteiger partial charge < -0.3 is 10.1 Å². The number of aryl methyl sites for hydroxylation is 3. The summed E-state index contributed by atoms with van der Waals surface area (Å²) in [5.41, 5.74) is 3.28. The number of methoxy groups -OCH3 is 1. The van der Waals surface area contributed by atoms with E-state index in [2.05, 4.69) is 10.0 Å². The van der Waals surface area contributed by atoms with Crippen LogP contribution in [0, 0.1) is 20.8 Å². The van der Waals surface area contributed by atoms with Gasteiger partial charge in [0.25, 0.3) is 0 Å². The number of rotatable bonds is 6. The largest absolute Gasteiger partial charge is 0.496 e. The highest BCUT2D eigenvalue weighted by atomic mass is 32.2. The lowest BCUT2D eigenvalue weighted by Crippen LogP contribution is -2.41. The molecule has 0 aromatic heterocycles. The van der Waals surface area contributed by atoms with Gasteiger partial charge in [-0.1, -0.05) is 12.1 Å². The second-order valence-corrected chi connectivity index (χ2v) is 8.00. The van der Waals surface area contributed by atoms with Crippen molar-refractivity contribution in [3.05, 3.63) is 53.1 Å². The van der Waals surface area contributed by atoms with Crippen LogP contribution in [0.4, 0.5) is 5.69 Å². The van der Waals surface area contributed by atoms with E-state index in [1.807, 2.05) is 32.0 Å². The molecule has 0 aliphatic rings. The monoisotopic (exact) mass is 376 g/mol. The highest BCUT2D eigenvalue weighted by molar-refractivity contribution is 7.89. The molecule has 0 unspecified atom stereocenters. The Bertz CT molecular complexity index is 923. The lowest BCUT2D eigenvalue weighted by Gasteiger charge is -2.16. The first-order chi connectivity index (χ1) is 12.1. The summed E-state index contributed by atoms with van der Waals surface area (Å²) >= 11 is 0. The van der Waals surface area contributed by atoms with Crippen molar-refractivity contribution in [1.82, 2.24) is 4.72 Å². The number of amides is 1. The average molecular weight is 376 g/mol. The average Bonchev–Trinajstić information content (AvgIpc) is 2.57. The molecule has 26 heavy (non-hydrogen) atoms. The number of hydrogen-bond acceptors (Lipinski definition) is 4. The van der Waals surface area contributed by atoms with Gasteiger partial charge in [0, 0.05) is 5.69 Å². The lowest BCUT2D eigenvalue weighted by atomic mass is 10.1. The molecule has 0 fully saturated rings. The molecule has 140 valence electrons. The quantitative estimate of drug-likeness (QED) is 0.812. The Morgan fingerprint density at radius 3 is 2.35 bits per heavy atom. The van der Waals surface area contributed by atoms with Crippen molar-refractivity contribution < 1.29 is 17.9 Å². The van der Waals surface area contributed by atoms with Crippen LogP contribution in [0.1, 0.15) is 23.6 Å². The van der Waals surface area contributed by atoms with Gasteiger partial charge in [0.05, 0.1) is 18.0 Å². The minimum absolute atomic E-state index is 0.0854. The van der Waals surface area contributed by atoms with Gasteiger partial charge in [-0.15, -0.1) is 0 Å². The fourth-order valence-electron chi connectivity index (χ4n) is 2.48. The van der Waals surface area contributed by atoms with Gasteiger partial charge in [-0.3, -0.25) is 4.79 Å². The highest BCUT2D eigenvalue weighted by Gasteiger charge is 2.23. The number of benzene rings is 2. The Balaban J connectivity index is 2.14. The zero-order chi connectivity index (χ0) is 19.5. The summed E-state index contributed by atoms with van der Waals surface area (Å²) in [6.45, 7) is 7.07. The van der Waals surface area contributed by atoms with Crippen molar-refractivity contribution in [3.63, 3.8) is 0 Å². The van der Waals surface area contributed by atoms with Gasteiger partial charge in [0.15, 0.2) is 0 Å². The van der Waals surface area contributed by atoms with Crippen molar-refractivity contribution in [2.45, 2.75) is 38.6 Å². The molecule has 2 aromatic rings. The Kier molecular flexibility index (Phi) is 6.05. The zero-order valence-electron chi connectivity index (χ0n) is 15.6. The molecule has 0 radical (unpaired) electrons. The highest BCUT2D eigenvalue weighted by Crippen LogP contribution is 2.21. The second kappa shape index (κ2) is 7.88. The number of anilines is 1. The molecule has 0 aliphatic heterocycles. The van der Waals surface area contributed by atoms with Crippen LogP contribution >= 0.6 is 0 Å². The van der Waals surface area contributed by atoms with Crippen LogP contribution in [0.15, 0.2) is 41.3 Å². The molecule has 1 amide bonds. The third kappa shape index (κ3) is 4.62. The van der Waals surface area contributed by atoms with Crippen LogP contribution in [0.3, 0.4) is 0 Å². The maximum atomic E-state index is 12.5. The Hall–Kier alpha value is -2.38. The summed E-state index contributed by atoms with van der Waals surface area (Å²) in [6, 6.07) is 9.32. The molecule has 1 atom stereocenters. The predicted octanol–water partition coefficient (Wildman–Crippen LogP) is 2.93.